The predicted octanol–water partition coefficient (Wildman–Crippen LogP) is 3.67. The number of nitrogens with one attached hydrogen (secondary N) is 2. The van der Waals surface area contributed by atoms with Gasteiger partial charge in [0.2, 0.25) is 5.91 Å². The number of fused-ring (bicyclic) bond motifs is 1. The van der Waals surface area contributed by atoms with Crippen LogP contribution < -0.4 is 16.4 Å². The van der Waals surface area contributed by atoms with E-state index in [9.17, 15) is 9.59 Å². The van der Waals surface area contributed by atoms with Crippen LogP contribution in [0.5, 0.6) is 0 Å². The quantitative estimate of drug-likeness (QED) is 0.633. The number of benzene rings is 1. The fourth-order valence-electron chi connectivity index (χ4n) is 3.59. The van der Waals surface area contributed by atoms with Gasteiger partial charge in [-0.15, -0.1) is 11.3 Å². The van der Waals surface area contributed by atoms with Gasteiger partial charge < -0.3 is 16.4 Å². The molecule has 0 saturated carbocycles. The first-order chi connectivity index (χ1) is 13.4. The number of nitrogens with two attached hydrogens (primary N) is 1. The van der Waals surface area contributed by atoms with E-state index in [1.807, 2.05) is 18.2 Å². The van der Waals surface area contributed by atoms with Gasteiger partial charge >= 0.3 is 0 Å². The molecular formula is C22H29N3O2S. The fourth-order valence-corrected chi connectivity index (χ4v) is 4.91. The third-order valence-electron chi connectivity index (χ3n) is 5.28. The van der Waals surface area contributed by atoms with Crippen molar-refractivity contribution in [1.82, 2.24) is 5.32 Å². The van der Waals surface area contributed by atoms with Crippen molar-refractivity contribution in [1.29, 1.82) is 0 Å². The van der Waals surface area contributed by atoms with E-state index in [2.05, 4.69) is 36.6 Å². The van der Waals surface area contributed by atoms with Crippen LogP contribution in [0.3, 0.4) is 0 Å². The number of primary amides is 1. The number of hydrogen-bond donors (Lipinski definition) is 3. The topological polar surface area (TPSA) is 84.2 Å². The van der Waals surface area contributed by atoms with Gasteiger partial charge in [-0.1, -0.05) is 30.3 Å². The lowest BCUT2D eigenvalue weighted by molar-refractivity contribution is -0.115. The van der Waals surface area contributed by atoms with Crippen LogP contribution in [0.1, 0.15) is 59.5 Å². The number of anilines is 1. The molecule has 150 valence electrons. The minimum absolute atomic E-state index is 0.145. The van der Waals surface area contributed by atoms with Crippen molar-refractivity contribution in [2.24, 2.45) is 5.73 Å². The molecule has 1 aliphatic carbocycles. The Balaban J connectivity index is 1.57. The molecule has 0 saturated heterocycles. The third kappa shape index (κ3) is 5.20. The summed E-state index contributed by atoms with van der Waals surface area (Å²) in [7, 11) is 0. The van der Waals surface area contributed by atoms with Crippen LogP contribution in [0, 0.1) is 0 Å². The molecule has 0 atom stereocenters. The van der Waals surface area contributed by atoms with Crippen molar-refractivity contribution in [3.05, 3.63) is 51.9 Å². The molecule has 0 spiro atoms. The zero-order chi connectivity index (χ0) is 20.1. The molecule has 6 heteroatoms. The van der Waals surface area contributed by atoms with Gasteiger partial charge in [0.05, 0.1) is 12.1 Å². The fraction of sp³-hybridized carbons (Fsp3) is 0.455. The summed E-state index contributed by atoms with van der Waals surface area (Å²) >= 11 is 1.50. The summed E-state index contributed by atoms with van der Waals surface area (Å²) in [6.45, 7) is 4.40. The maximum atomic E-state index is 12.5. The molecule has 3 rings (SSSR count). The Morgan fingerprint density at radius 1 is 1.14 bits per heavy atom. The minimum Gasteiger partial charge on any atom is -0.365 e. The van der Waals surface area contributed by atoms with Gasteiger partial charge in [0.15, 0.2) is 0 Å². The second-order valence-corrected chi connectivity index (χ2v) is 9.16. The highest BCUT2D eigenvalue weighted by atomic mass is 32.1. The smallest absolute Gasteiger partial charge is 0.251 e. The Bertz CT molecular complexity index is 843. The summed E-state index contributed by atoms with van der Waals surface area (Å²) in [4.78, 5) is 25.6. The average Bonchev–Trinajstić information content (AvgIpc) is 3.04. The molecule has 1 heterocycles. The Kier molecular flexibility index (Phi) is 6.52. The van der Waals surface area contributed by atoms with Crippen LogP contribution in [-0.4, -0.2) is 23.9 Å². The minimum atomic E-state index is -0.453. The molecule has 2 aromatic rings. The van der Waals surface area contributed by atoms with E-state index in [0.717, 1.165) is 44.1 Å². The van der Waals surface area contributed by atoms with Crippen molar-refractivity contribution in [3.63, 3.8) is 0 Å². The SMILES string of the molecule is CC(C)(CCc1ccccc1)NCC(=O)Nc1sc2c(c1C(N)=O)CCCC2. The highest BCUT2D eigenvalue weighted by Crippen LogP contribution is 2.37. The first-order valence-corrected chi connectivity index (χ1v) is 10.7. The van der Waals surface area contributed by atoms with Crippen LogP contribution in [0.4, 0.5) is 5.00 Å². The number of rotatable bonds is 8. The van der Waals surface area contributed by atoms with Gasteiger partial charge in [0, 0.05) is 10.4 Å². The number of carbonyl (C=O) groups excluding carboxylic acids is 2. The van der Waals surface area contributed by atoms with E-state index >= 15 is 0 Å². The van der Waals surface area contributed by atoms with E-state index in [1.54, 1.807) is 0 Å². The lowest BCUT2D eigenvalue weighted by atomic mass is 9.95. The van der Waals surface area contributed by atoms with Crippen LogP contribution in [-0.2, 0) is 24.1 Å². The first-order valence-electron chi connectivity index (χ1n) is 9.89. The zero-order valence-corrected chi connectivity index (χ0v) is 17.5. The summed E-state index contributed by atoms with van der Waals surface area (Å²) in [5.74, 6) is -0.597. The van der Waals surface area contributed by atoms with Gasteiger partial charge in [-0.05, 0) is 63.5 Å². The lowest BCUT2D eigenvalue weighted by Gasteiger charge is -2.26. The molecule has 0 unspecified atom stereocenters. The molecule has 1 aromatic heterocycles. The van der Waals surface area contributed by atoms with Gasteiger partial charge in [-0.25, -0.2) is 0 Å². The Morgan fingerprint density at radius 3 is 2.57 bits per heavy atom. The Labute approximate surface area is 170 Å². The van der Waals surface area contributed by atoms with E-state index in [1.165, 1.54) is 21.8 Å². The van der Waals surface area contributed by atoms with Crippen molar-refractivity contribution >= 4 is 28.2 Å². The molecule has 0 bridgehead atoms. The average molecular weight is 400 g/mol. The van der Waals surface area contributed by atoms with Crippen LogP contribution >= 0.6 is 11.3 Å². The van der Waals surface area contributed by atoms with Gasteiger partial charge in [-0.3, -0.25) is 9.59 Å². The van der Waals surface area contributed by atoms with Crippen molar-refractivity contribution in [3.8, 4) is 0 Å². The summed E-state index contributed by atoms with van der Waals surface area (Å²) in [6.07, 6.45) is 5.88. The lowest BCUT2D eigenvalue weighted by Crippen LogP contribution is -2.44. The van der Waals surface area contributed by atoms with Crippen molar-refractivity contribution in [2.75, 3.05) is 11.9 Å². The summed E-state index contributed by atoms with van der Waals surface area (Å²) in [5, 5.41) is 6.85. The second-order valence-electron chi connectivity index (χ2n) is 8.05. The molecule has 28 heavy (non-hydrogen) atoms. The first kappa shape index (κ1) is 20.6. The van der Waals surface area contributed by atoms with Crippen molar-refractivity contribution < 1.29 is 9.59 Å². The molecule has 0 radical (unpaired) electrons. The highest BCUT2D eigenvalue weighted by molar-refractivity contribution is 7.17. The second kappa shape index (κ2) is 8.88. The maximum Gasteiger partial charge on any atom is 0.251 e. The normalized spacial score (nSPS) is 13.8. The standard InChI is InChI=1S/C22H29N3O2S/c1-22(2,13-12-15-8-4-3-5-9-15)24-14-18(26)25-21-19(20(23)27)16-10-6-7-11-17(16)28-21/h3-5,8-9,24H,6-7,10-14H2,1-2H3,(H2,23,27)(H,25,26). The van der Waals surface area contributed by atoms with E-state index in [4.69, 9.17) is 5.73 Å². The molecule has 1 aromatic carbocycles. The molecule has 5 nitrogen and oxygen atoms in total. The Morgan fingerprint density at radius 2 is 1.86 bits per heavy atom. The number of hydrogen-bond acceptors (Lipinski definition) is 4. The van der Waals surface area contributed by atoms with Crippen LogP contribution in [0.2, 0.25) is 0 Å². The van der Waals surface area contributed by atoms with Gasteiger partial charge in [0.25, 0.3) is 5.91 Å². The zero-order valence-electron chi connectivity index (χ0n) is 16.6. The monoisotopic (exact) mass is 399 g/mol. The van der Waals surface area contributed by atoms with E-state index in [0.29, 0.717) is 10.6 Å². The van der Waals surface area contributed by atoms with Crippen molar-refractivity contribution in [2.45, 2.75) is 57.9 Å². The summed E-state index contributed by atoms with van der Waals surface area (Å²) < 4.78 is 0. The van der Waals surface area contributed by atoms with E-state index in [-0.39, 0.29) is 18.0 Å². The van der Waals surface area contributed by atoms with Gasteiger partial charge in [0.1, 0.15) is 5.00 Å². The molecule has 0 aliphatic heterocycles. The maximum absolute atomic E-state index is 12.5. The molecular weight excluding hydrogens is 370 g/mol. The highest BCUT2D eigenvalue weighted by Gasteiger charge is 2.25. The molecule has 2 amide bonds. The third-order valence-corrected chi connectivity index (χ3v) is 6.49. The number of carbonyl (C=O) groups is 2. The Hall–Kier alpha value is -2.18. The number of amides is 2. The van der Waals surface area contributed by atoms with Crippen LogP contribution in [0.25, 0.3) is 0 Å². The molecule has 4 N–H and O–H groups in total. The van der Waals surface area contributed by atoms with Gasteiger partial charge in [-0.2, -0.15) is 0 Å². The van der Waals surface area contributed by atoms with Crippen LogP contribution in [0.15, 0.2) is 30.3 Å². The largest absolute Gasteiger partial charge is 0.365 e. The van der Waals surface area contributed by atoms with E-state index < -0.39 is 5.91 Å². The molecule has 1 aliphatic rings. The number of aryl methyl sites for hydroxylation is 2. The predicted molar refractivity (Wildman–Crippen MR) is 115 cm³/mol. The molecule has 0 fully saturated rings. The summed E-state index contributed by atoms with van der Waals surface area (Å²) in [6, 6.07) is 10.3. The number of thiophene rings is 1. The summed E-state index contributed by atoms with van der Waals surface area (Å²) in [5.41, 5.74) is 8.26.